The summed E-state index contributed by atoms with van der Waals surface area (Å²) in [5.41, 5.74) is 0.148. The molecule has 0 atom stereocenters. The van der Waals surface area contributed by atoms with E-state index < -0.39 is 11.8 Å². The van der Waals surface area contributed by atoms with E-state index >= 15 is 0 Å². The molecule has 5 nitrogen and oxygen atoms in total. The molecule has 0 fully saturated rings. The fourth-order valence-electron chi connectivity index (χ4n) is 1.46. The Labute approximate surface area is 106 Å². The van der Waals surface area contributed by atoms with Crippen LogP contribution in [0, 0.1) is 0 Å². The third-order valence-electron chi connectivity index (χ3n) is 2.19. The van der Waals surface area contributed by atoms with Gasteiger partial charge in [0.05, 0.1) is 25.9 Å². The molecule has 1 aromatic rings. The van der Waals surface area contributed by atoms with Crippen LogP contribution in [0.5, 0.6) is 11.5 Å². The summed E-state index contributed by atoms with van der Waals surface area (Å²) < 4.78 is 15.1. The second kappa shape index (κ2) is 6.64. The summed E-state index contributed by atoms with van der Waals surface area (Å²) >= 11 is 0. The highest BCUT2D eigenvalue weighted by Gasteiger charge is 2.23. The zero-order chi connectivity index (χ0) is 13.5. The Bertz CT molecular complexity index is 439. The third kappa shape index (κ3) is 3.00. The minimum absolute atomic E-state index is 0.148. The zero-order valence-electron chi connectivity index (χ0n) is 10.7. The molecule has 0 aliphatic carbocycles. The standard InChI is InChI=1S/C13H16O5/c1-4-17-12-9(7-6-8-10(12)16-3)11(14)13(15)18-5-2/h6-8H,4-5H2,1-3H3. The number of methoxy groups -OCH3 is 1. The number of benzene rings is 1. The number of ether oxygens (including phenoxy) is 3. The van der Waals surface area contributed by atoms with Crippen LogP contribution in [0.3, 0.4) is 0 Å². The van der Waals surface area contributed by atoms with Gasteiger partial charge in [0, 0.05) is 0 Å². The van der Waals surface area contributed by atoms with E-state index in [1.54, 1.807) is 26.0 Å². The maximum atomic E-state index is 11.9. The number of ketones is 1. The van der Waals surface area contributed by atoms with Crippen molar-refractivity contribution in [2.45, 2.75) is 13.8 Å². The quantitative estimate of drug-likeness (QED) is 0.439. The van der Waals surface area contributed by atoms with Gasteiger partial charge in [-0.2, -0.15) is 0 Å². The Morgan fingerprint density at radius 1 is 1.17 bits per heavy atom. The zero-order valence-corrected chi connectivity index (χ0v) is 10.7. The number of para-hydroxylation sites is 1. The number of Topliss-reactive ketones (excluding diaryl/α,β-unsaturated/α-hetero) is 1. The van der Waals surface area contributed by atoms with Crippen LogP contribution in [-0.4, -0.2) is 32.1 Å². The van der Waals surface area contributed by atoms with Gasteiger partial charge in [-0.3, -0.25) is 4.79 Å². The van der Waals surface area contributed by atoms with E-state index in [-0.39, 0.29) is 17.9 Å². The lowest BCUT2D eigenvalue weighted by Gasteiger charge is -2.12. The van der Waals surface area contributed by atoms with Gasteiger partial charge in [-0.05, 0) is 26.0 Å². The predicted octanol–water partition coefficient (Wildman–Crippen LogP) is 1.84. The Balaban J connectivity index is 3.14. The average Bonchev–Trinajstić information content (AvgIpc) is 2.38. The Kier molecular flexibility index (Phi) is 5.17. The molecular formula is C13H16O5. The second-order valence-electron chi connectivity index (χ2n) is 3.32. The molecule has 0 unspecified atom stereocenters. The summed E-state index contributed by atoms with van der Waals surface area (Å²) in [5, 5.41) is 0. The highest BCUT2D eigenvalue weighted by atomic mass is 16.5. The van der Waals surface area contributed by atoms with Crippen molar-refractivity contribution in [3.05, 3.63) is 23.8 Å². The van der Waals surface area contributed by atoms with Crippen LogP contribution in [0.25, 0.3) is 0 Å². The van der Waals surface area contributed by atoms with Gasteiger partial charge in [-0.1, -0.05) is 6.07 Å². The minimum Gasteiger partial charge on any atom is -0.493 e. The minimum atomic E-state index is -0.897. The van der Waals surface area contributed by atoms with Crippen LogP contribution < -0.4 is 9.47 Å². The molecule has 0 bridgehead atoms. The van der Waals surface area contributed by atoms with Crippen LogP contribution in [0.1, 0.15) is 24.2 Å². The Morgan fingerprint density at radius 3 is 2.44 bits per heavy atom. The molecule has 0 N–H and O–H groups in total. The lowest BCUT2D eigenvalue weighted by atomic mass is 10.1. The van der Waals surface area contributed by atoms with Gasteiger partial charge in [0.2, 0.25) is 0 Å². The number of hydrogen-bond acceptors (Lipinski definition) is 5. The summed E-state index contributed by atoms with van der Waals surface area (Å²) in [6.07, 6.45) is 0. The van der Waals surface area contributed by atoms with Crippen molar-refractivity contribution in [1.82, 2.24) is 0 Å². The predicted molar refractivity (Wildman–Crippen MR) is 65.1 cm³/mol. The van der Waals surface area contributed by atoms with E-state index in [2.05, 4.69) is 4.74 Å². The number of hydrogen-bond donors (Lipinski definition) is 0. The van der Waals surface area contributed by atoms with Gasteiger partial charge in [0.25, 0.3) is 5.78 Å². The highest BCUT2D eigenvalue weighted by Crippen LogP contribution is 2.31. The molecular weight excluding hydrogens is 236 g/mol. The number of carbonyl (C=O) groups is 2. The van der Waals surface area contributed by atoms with Crippen molar-refractivity contribution in [3.8, 4) is 11.5 Å². The first-order chi connectivity index (χ1) is 8.65. The van der Waals surface area contributed by atoms with Gasteiger partial charge in [-0.15, -0.1) is 0 Å². The summed E-state index contributed by atoms with van der Waals surface area (Å²) in [5.74, 6) is -0.960. The first kappa shape index (κ1) is 14.0. The monoisotopic (exact) mass is 252 g/mol. The highest BCUT2D eigenvalue weighted by molar-refractivity contribution is 6.41. The molecule has 0 aromatic heterocycles. The molecule has 0 saturated carbocycles. The normalized spacial score (nSPS) is 9.72. The van der Waals surface area contributed by atoms with Crippen molar-refractivity contribution in [3.63, 3.8) is 0 Å². The molecule has 0 saturated heterocycles. The molecule has 0 aliphatic rings. The van der Waals surface area contributed by atoms with Crippen molar-refractivity contribution in [1.29, 1.82) is 0 Å². The summed E-state index contributed by atoms with van der Waals surface area (Å²) in [4.78, 5) is 23.3. The molecule has 0 amide bonds. The SMILES string of the molecule is CCOC(=O)C(=O)c1cccc(OC)c1OCC. The molecule has 1 rings (SSSR count). The number of rotatable bonds is 6. The van der Waals surface area contributed by atoms with Gasteiger partial charge < -0.3 is 14.2 Å². The second-order valence-corrected chi connectivity index (χ2v) is 3.32. The molecule has 1 aromatic carbocycles. The first-order valence-electron chi connectivity index (χ1n) is 5.66. The van der Waals surface area contributed by atoms with E-state index in [0.717, 1.165) is 0 Å². The van der Waals surface area contributed by atoms with Crippen LogP contribution in [0.4, 0.5) is 0 Å². The molecule has 0 radical (unpaired) electrons. The molecule has 98 valence electrons. The number of esters is 1. The Morgan fingerprint density at radius 2 is 1.89 bits per heavy atom. The maximum absolute atomic E-state index is 11.9. The largest absolute Gasteiger partial charge is 0.493 e. The fourth-order valence-corrected chi connectivity index (χ4v) is 1.46. The van der Waals surface area contributed by atoms with E-state index in [4.69, 9.17) is 9.47 Å². The summed E-state index contributed by atoms with van der Waals surface area (Å²) in [7, 11) is 1.47. The van der Waals surface area contributed by atoms with Crippen molar-refractivity contribution < 1.29 is 23.8 Å². The van der Waals surface area contributed by atoms with E-state index in [0.29, 0.717) is 12.4 Å². The third-order valence-corrected chi connectivity index (χ3v) is 2.19. The lowest BCUT2D eigenvalue weighted by molar-refractivity contribution is -0.137. The van der Waals surface area contributed by atoms with Crippen LogP contribution in [0.15, 0.2) is 18.2 Å². The van der Waals surface area contributed by atoms with Crippen LogP contribution in [0.2, 0.25) is 0 Å². The van der Waals surface area contributed by atoms with E-state index in [1.807, 2.05) is 0 Å². The average molecular weight is 252 g/mol. The fraction of sp³-hybridized carbons (Fsp3) is 0.385. The topological polar surface area (TPSA) is 61.8 Å². The molecule has 0 heterocycles. The maximum Gasteiger partial charge on any atom is 0.379 e. The van der Waals surface area contributed by atoms with E-state index in [9.17, 15) is 9.59 Å². The van der Waals surface area contributed by atoms with Crippen molar-refractivity contribution >= 4 is 11.8 Å². The smallest absolute Gasteiger partial charge is 0.379 e. The number of carbonyl (C=O) groups excluding carboxylic acids is 2. The van der Waals surface area contributed by atoms with E-state index in [1.165, 1.54) is 13.2 Å². The molecule has 5 heteroatoms. The van der Waals surface area contributed by atoms with Gasteiger partial charge in [0.15, 0.2) is 11.5 Å². The van der Waals surface area contributed by atoms with Gasteiger partial charge in [0.1, 0.15) is 0 Å². The van der Waals surface area contributed by atoms with Crippen molar-refractivity contribution in [2.24, 2.45) is 0 Å². The molecule has 0 aliphatic heterocycles. The Hall–Kier alpha value is -2.04. The van der Waals surface area contributed by atoms with Crippen molar-refractivity contribution in [2.75, 3.05) is 20.3 Å². The summed E-state index contributed by atoms with van der Waals surface area (Å²) in [6, 6.07) is 4.79. The molecule has 18 heavy (non-hydrogen) atoms. The first-order valence-corrected chi connectivity index (χ1v) is 5.66. The summed E-state index contributed by atoms with van der Waals surface area (Å²) in [6.45, 7) is 3.94. The lowest BCUT2D eigenvalue weighted by Crippen LogP contribution is -2.18. The van der Waals surface area contributed by atoms with Crippen LogP contribution >= 0.6 is 0 Å². The van der Waals surface area contributed by atoms with Gasteiger partial charge in [-0.25, -0.2) is 4.79 Å². The molecule has 0 spiro atoms. The van der Waals surface area contributed by atoms with Gasteiger partial charge >= 0.3 is 5.97 Å². The van der Waals surface area contributed by atoms with Crippen LogP contribution in [-0.2, 0) is 9.53 Å².